The summed E-state index contributed by atoms with van der Waals surface area (Å²) in [5.41, 5.74) is 2.26. The SMILES string of the molecule is CSCCN1CCN(C2CCN(c3ccc(F)cc3C)CC2)CC1. The third-order valence-electron chi connectivity index (χ3n) is 5.50. The number of nitrogens with zero attached hydrogens (tertiary/aromatic N) is 3. The molecule has 0 radical (unpaired) electrons. The highest BCUT2D eigenvalue weighted by Gasteiger charge is 2.27. The van der Waals surface area contributed by atoms with E-state index in [2.05, 4.69) is 21.0 Å². The number of rotatable bonds is 5. The molecule has 0 amide bonds. The van der Waals surface area contributed by atoms with Gasteiger partial charge in [0.2, 0.25) is 0 Å². The number of anilines is 1. The summed E-state index contributed by atoms with van der Waals surface area (Å²) in [6.45, 7) is 10.3. The highest BCUT2D eigenvalue weighted by molar-refractivity contribution is 7.98. The quantitative estimate of drug-likeness (QED) is 0.806. The van der Waals surface area contributed by atoms with Crippen LogP contribution in [-0.4, -0.2) is 73.7 Å². The number of piperazine rings is 1. The summed E-state index contributed by atoms with van der Waals surface area (Å²) in [7, 11) is 0. The van der Waals surface area contributed by atoms with Gasteiger partial charge in [0, 0.05) is 63.3 Å². The van der Waals surface area contributed by atoms with Crippen LogP contribution in [0.25, 0.3) is 0 Å². The molecule has 0 spiro atoms. The van der Waals surface area contributed by atoms with E-state index in [0.29, 0.717) is 0 Å². The second-order valence-electron chi connectivity index (χ2n) is 7.02. The molecule has 2 aliphatic rings. The number of aryl methyl sites for hydroxylation is 1. The van der Waals surface area contributed by atoms with Crippen molar-refractivity contribution in [1.82, 2.24) is 9.80 Å². The number of benzene rings is 1. The largest absolute Gasteiger partial charge is 0.371 e. The molecule has 0 saturated carbocycles. The van der Waals surface area contributed by atoms with Crippen molar-refractivity contribution in [1.29, 1.82) is 0 Å². The molecule has 5 heteroatoms. The smallest absolute Gasteiger partial charge is 0.123 e. The third kappa shape index (κ3) is 4.44. The van der Waals surface area contributed by atoms with E-state index in [0.717, 1.165) is 24.7 Å². The van der Waals surface area contributed by atoms with E-state index < -0.39 is 0 Å². The van der Waals surface area contributed by atoms with Gasteiger partial charge in [-0.15, -0.1) is 0 Å². The molecule has 0 N–H and O–H groups in total. The standard InChI is InChI=1S/C19H30FN3S/c1-16-15-17(20)3-4-19(16)23-7-5-18(6-8-23)22-11-9-21(10-12-22)13-14-24-2/h3-4,15,18H,5-14H2,1-2H3. The number of hydrogen-bond donors (Lipinski definition) is 0. The van der Waals surface area contributed by atoms with Crippen LogP contribution in [0.15, 0.2) is 18.2 Å². The molecule has 0 bridgehead atoms. The van der Waals surface area contributed by atoms with Gasteiger partial charge >= 0.3 is 0 Å². The Morgan fingerprint density at radius 2 is 1.79 bits per heavy atom. The van der Waals surface area contributed by atoms with Gasteiger partial charge in [0.05, 0.1) is 0 Å². The lowest BCUT2D eigenvalue weighted by molar-refractivity contribution is 0.0884. The van der Waals surface area contributed by atoms with Crippen LogP contribution < -0.4 is 4.90 Å². The zero-order valence-corrected chi connectivity index (χ0v) is 15.8. The Morgan fingerprint density at radius 1 is 1.08 bits per heavy atom. The molecule has 24 heavy (non-hydrogen) atoms. The van der Waals surface area contributed by atoms with Crippen LogP contribution in [0.3, 0.4) is 0 Å². The summed E-state index contributed by atoms with van der Waals surface area (Å²) in [6.07, 6.45) is 4.64. The lowest BCUT2D eigenvalue weighted by atomic mass is 10.0. The van der Waals surface area contributed by atoms with Crippen LogP contribution in [-0.2, 0) is 0 Å². The van der Waals surface area contributed by atoms with Gasteiger partial charge in [-0.25, -0.2) is 4.39 Å². The van der Waals surface area contributed by atoms with Gasteiger partial charge < -0.3 is 4.90 Å². The number of halogens is 1. The van der Waals surface area contributed by atoms with E-state index in [9.17, 15) is 4.39 Å². The highest BCUT2D eigenvalue weighted by Crippen LogP contribution is 2.26. The maximum Gasteiger partial charge on any atom is 0.123 e. The second kappa shape index (κ2) is 8.54. The van der Waals surface area contributed by atoms with E-state index in [1.807, 2.05) is 24.8 Å². The number of piperidine rings is 1. The molecule has 2 fully saturated rings. The molecule has 0 unspecified atom stereocenters. The van der Waals surface area contributed by atoms with Crippen molar-refractivity contribution in [2.75, 3.05) is 62.7 Å². The van der Waals surface area contributed by atoms with E-state index in [1.54, 1.807) is 12.1 Å². The lowest BCUT2D eigenvalue weighted by Gasteiger charge is -2.43. The summed E-state index contributed by atoms with van der Waals surface area (Å²) in [5.74, 6) is 1.11. The average Bonchev–Trinajstić information content (AvgIpc) is 2.61. The molecule has 2 aliphatic heterocycles. The highest BCUT2D eigenvalue weighted by atomic mass is 32.2. The topological polar surface area (TPSA) is 9.72 Å². The van der Waals surface area contributed by atoms with Crippen LogP contribution in [0.5, 0.6) is 0 Å². The predicted molar refractivity (Wildman–Crippen MR) is 103 cm³/mol. The van der Waals surface area contributed by atoms with Crippen molar-refractivity contribution in [3.05, 3.63) is 29.6 Å². The first-order valence-electron chi connectivity index (χ1n) is 9.14. The van der Waals surface area contributed by atoms with Crippen LogP contribution in [0.1, 0.15) is 18.4 Å². The molecule has 0 aliphatic carbocycles. The summed E-state index contributed by atoms with van der Waals surface area (Å²) in [6, 6.07) is 5.90. The fraction of sp³-hybridized carbons (Fsp3) is 0.684. The fourth-order valence-corrected chi connectivity index (χ4v) is 4.46. The Bertz CT molecular complexity index is 523. The summed E-state index contributed by atoms with van der Waals surface area (Å²) in [4.78, 5) is 7.73. The Hall–Kier alpha value is -0.780. The van der Waals surface area contributed by atoms with Crippen molar-refractivity contribution in [2.45, 2.75) is 25.8 Å². The van der Waals surface area contributed by atoms with Gasteiger partial charge in [-0.2, -0.15) is 11.8 Å². The second-order valence-corrected chi connectivity index (χ2v) is 8.01. The zero-order valence-electron chi connectivity index (χ0n) is 15.0. The van der Waals surface area contributed by atoms with E-state index >= 15 is 0 Å². The lowest BCUT2D eigenvalue weighted by Crippen LogP contribution is -2.53. The van der Waals surface area contributed by atoms with Crippen LogP contribution in [0.2, 0.25) is 0 Å². The Morgan fingerprint density at radius 3 is 2.42 bits per heavy atom. The van der Waals surface area contributed by atoms with E-state index in [1.165, 1.54) is 57.0 Å². The monoisotopic (exact) mass is 351 g/mol. The minimum Gasteiger partial charge on any atom is -0.371 e. The molecule has 3 nitrogen and oxygen atoms in total. The van der Waals surface area contributed by atoms with Crippen molar-refractivity contribution >= 4 is 17.4 Å². The molecular formula is C19H30FN3S. The van der Waals surface area contributed by atoms with E-state index in [4.69, 9.17) is 0 Å². The normalized spacial score (nSPS) is 21.4. The van der Waals surface area contributed by atoms with Crippen molar-refractivity contribution in [3.8, 4) is 0 Å². The molecule has 2 saturated heterocycles. The van der Waals surface area contributed by atoms with Crippen LogP contribution in [0, 0.1) is 12.7 Å². The van der Waals surface area contributed by atoms with Gasteiger partial charge in [0.25, 0.3) is 0 Å². The first-order chi connectivity index (χ1) is 11.7. The molecule has 3 rings (SSSR count). The fourth-order valence-electron chi connectivity index (χ4n) is 4.02. The maximum absolute atomic E-state index is 13.3. The first kappa shape index (κ1) is 18.0. The minimum atomic E-state index is -0.134. The van der Waals surface area contributed by atoms with Crippen molar-refractivity contribution < 1.29 is 4.39 Å². The Kier molecular flexibility index (Phi) is 6.42. The Balaban J connectivity index is 1.47. The molecule has 0 atom stereocenters. The van der Waals surface area contributed by atoms with Crippen molar-refractivity contribution in [3.63, 3.8) is 0 Å². The van der Waals surface area contributed by atoms with Crippen LogP contribution >= 0.6 is 11.8 Å². The molecule has 1 aromatic carbocycles. The summed E-state index contributed by atoms with van der Waals surface area (Å²) >= 11 is 1.94. The number of hydrogen-bond acceptors (Lipinski definition) is 4. The van der Waals surface area contributed by atoms with Gasteiger partial charge in [-0.05, 0) is 49.8 Å². The van der Waals surface area contributed by atoms with Gasteiger partial charge in [-0.1, -0.05) is 0 Å². The average molecular weight is 352 g/mol. The maximum atomic E-state index is 13.3. The van der Waals surface area contributed by atoms with E-state index in [-0.39, 0.29) is 5.82 Å². The van der Waals surface area contributed by atoms with Gasteiger partial charge in [0.1, 0.15) is 5.82 Å². The summed E-state index contributed by atoms with van der Waals surface area (Å²) < 4.78 is 13.3. The zero-order chi connectivity index (χ0) is 16.9. The Labute approximate surface area is 150 Å². The van der Waals surface area contributed by atoms with Crippen LogP contribution in [0.4, 0.5) is 10.1 Å². The van der Waals surface area contributed by atoms with Gasteiger partial charge in [-0.3, -0.25) is 9.80 Å². The minimum absolute atomic E-state index is 0.134. The number of thioether (sulfide) groups is 1. The third-order valence-corrected chi connectivity index (χ3v) is 6.09. The van der Waals surface area contributed by atoms with Crippen molar-refractivity contribution in [2.24, 2.45) is 0 Å². The molecule has 1 aromatic rings. The van der Waals surface area contributed by atoms with Gasteiger partial charge in [0.15, 0.2) is 0 Å². The summed E-state index contributed by atoms with van der Waals surface area (Å²) in [5, 5.41) is 0. The molecule has 134 valence electrons. The molecular weight excluding hydrogens is 321 g/mol. The predicted octanol–water partition coefficient (Wildman–Crippen LogP) is 3.08. The molecule has 2 heterocycles. The first-order valence-corrected chi connectivity index (χ1v) is 10.5. The molecule has 0 aromatic heterocycles.